The summed E-state index contributed by atoms with van der Waals surface area (Å²) in [5, 5.41) is 19.0. The fraction of sp³-hybridized carbons (Fsp3) is 0.923. The Hall–Kier alpha value is -0.610. The molecule has 4 nitrogen and oxygen atoms in total. The summed E-state index contributed by atoms with van der Waals surface area (Å²) in [6.07, 6.45) is 2.58. The zero-order valence-electron chi connectivity index (χ0n) is 11.4. The Labute approximate surface area is 104 Å². The van der Waals surface area contributed by atoms with Crippen LogP contribution in [0.2, 0.25) is 0 Å². The monoisotopic (exact) mass is 246 g/mol. The number of ether oxygens (including phenoxy) is 1. The first-order valence-electron chi connectivity index (χ1n) is 6.40. The molecule has 0 saturated heterocycles. The standard InChI is InChI=1S/C13H26O4/c1-5-7-8-10(6-2)12(15)17-9-11(14)13(3,4)16/h10-11,14,16H,5-9H2,1-4H3. The molecule has 0 aliphatic rings. The van der Waals surface area contributed by atoms with E-state index < -0.39 is 11.7 Å². The van der Waals surface area contributed by atoms with E-state index >= 15 is 0 Å². The van der Waals surface area contributed by atoms with E-state index in [4.69, 9.17) is 4.74 Å². The Kier molecular flexibility index (Phi) is 7.39. The molecule has 0 fully saturated rings. The smallest absolute Gasteiger partial charge is 0.309 e. The van der Waals surface area contributed by atoms with Crippen molar-refractivity contribution in [3.8, 4) is 0 Å². The summed E-state index contributed by atoms with van der Waals surface area (Å²) >= 11 is 0. The van der Waals surface area contributed by atoms with E-state index in [1.165, 1.54) is 13.8 Å². The molecule has 102 valence electrons. The summed E-state index contributed by atoms with van der Waals surface area (Å²) in [4.78, 5) is 11.7. The van der Waals surface area contributed by atoms with Gasteiger partial charge in [0, 0.05) is 0 Å². The molecule has 0 amide bonds. The minimum absolute atomic E-state index is 0.0936. The minimum Gasteiger partial charge on any atom is -0.463 e. The maximum Gasteiger partial charge on any atom is 0.309 e. The minimum atomic E-state index is -1.24. The Morgan fingerprint density at radius 1 is 1.35 bits per heavy atom. The predicted octanol–water partition coefficient (Wildman–Crippen LogP) is 1.88. The highest BCUT2D eigenvalue weighted by Crippen LogP contribution is 2.15. The van der Waals surface area contributed by atoms with Crippen LogP contribution in [0, 0.1) is 5.92 Å². The van der Waals surface area contributed by atoms with Gasteiger partial charge in [-0.15, -0.1) is 0 Å². The lowest BCUT2D eigenvalue weighted by Crippen LogP contribution is -2.40. The van der Waals surface area contributed by atoms with E-state index in [1.54, 1.807) is 0 Å². The molecular weight excluding hydrogens is 220 g/mol. The summed E-state index contributed by atoms with van der Waals surface area (Å²) in [5.41, 5.74) is -1.24. The molecule has 2 N–H and O–H groups in total. The van der Waals surface area contributed by atoms with Gasteiger partial charge in [-0.25, -0.2) is 0 Å². The van der Waals surface area contributed by atoms with Gasteiger partial charge in [0.25, 0.3) is 0 Å². The van der Waals surface area contributed by atoms with Gasteiger partial charge in [-0.1, -0.05) is 26.7 Å². The van der Waals surface area contributed by atoms with Gasteiger partial charge >= 0.3 is 5.97 Å². The summed E-state index contributed by atoms with van der Waals surface area (Å²) in [5.74, 6) is -0.367. The topological polar surface area (TPSA) is 66.8 Å². The maximum atomic E-state index is 11.7. The van der Waals surface area contributed by atoms with Gasteiger partial charge in [0.2, 0.25) is 0 Å². The molecule has 0 aliphatic heterocycles. The molecule has 0 aromatic rings. The van der Waals surface area contributed by atoms with E-state index in [0.29, 0.717) is 0 Å². The third-order valence-electron chi connectivity index (χ3n) is 2.93. The number of carbonyl (C=O) groups is 1. The number of aliphatic hydroxyl groups excluding tert-OH is 1. The highest BCUT2D eigenvalue weighted by atomic mass is 16.5. The molecular formula is C13H26O4. The summed E-state index contributed by atoms with van der Waals surface area (Å²) in [6.45, 7) is 6.86. The Morgan fingerprint density at radius 3 is 2.35 bits per heavy atom. The molecule has 0 radical (unpaired) electrons. The number of rotatable bonds is 8. The summed E-state index contributed by atoms with van der Waals surface area (Å²) < 4.78 is 5.03. The molecule has 2 unspecified atom stereocenters. The maximum absolute atomic E-state index is 11.7. The number of hydrogen-bond donors (Lipinski definition) is 2. The van der Waals surface area contributed by atoms with Crippen molar-refractivity contribution >= 4 is 5.97 Å². The van der Waals surface area contributed by atoms with Crippen LogP contribution in [0.25, 0.3) is 0 Å². The Bertz CT molecular complexity index is 220. The number of aliphatic hydroxyl groups is 2. The van der Waals surface area contributed by atoms with Gasteiger partial charge in [0.15, 0.2) is 0 Å². The molecule has 4 heteroatoms. The third kappa shape index (κ3) is 6.64. The van der Waals surface area contributed by atoms with Crippen molar-refractivity contribution in [2.24, 2.45) is 5.92 Å². The highest BCUT2D eigenvalue weighted by molar-refractivity contribution is 5.72. The second kappa shape index (κ2) is 7.67. The van der Waals surface area contributed by atoms with Gasteiger partial charge in [-0.05, 0) is 26.7 Å². The molecule has 0 spiro atoms. The highest BCUT2D eigenvalue weighted by Gasteiger charge is 2.27. The lowest BCUT2D eigenvalue weighted by atomic mass is 9.99. The fourth-order valence-corrected chi connectivity index (χ4v) is 1.42. The van der Waals surface area contributed by atoms with E-state index in [-0.39, 0.29) is 18.5 Å². The average Bonchev–Trinajstić information content (AvgIpc) is 2.25. The predicted molar refractivity (Wildman–Crippen MR) is 66.6 cm³/mol. The molecule has 2 atom stereocenters. The van der Waals surface area contributed by atoms with Gasteiger partial charge in [-0.3, -0.25) is 4.79 Å². The van der Waals surface area contributed by atoms with Gasteiger partial charge in [-0.2, -0.15) is 0 Å². The summed E-state index contributed by atoms with van der Waals surface area (Å²) in [6, 6.07) is 0. The second-order valence-electron chi connectivity index (χ2n) is 5.05. The SMILES string of the molecule is CCCCC(CC)C(=O)OCC(O)C(C)(C)O. The van der Waals surface area contributed by atoms with Crippen LogP contribution >= 0.6 is 0 Å². The number of carbonyl (C=O) groups excluding carboxylic acids is 1. The van der Waals surface area contributed by atoms with Crippen LogP contribution in [0.3, 0.4) is 0 Å². The van der Waals surface area contributed by atoms with Crippen LogP contribution < -0.4 is 0 Å². The molecule has 0 heterocycles. The van der Waals surface area contributed by atoms with E-state index in [1.807, 2.05) is 6.92 Å². The Balaban J connectivity index is 4.06. The van der Waals surface area contributed by atoms with Gasteiger partial charge in [0.05, 0.1) is 11.5 Å². The first kappa shape index (κ1) is 16.4. The molecule has 0 saturated carbocycles. The van der Waals surface area contributed by atoms with Crippen LogP contribution in [0.5, 0.6) is 0 Å². The third-order valence-corrected chi connectivity index (χ3v) is 2.93. The number of esters is 1. The summed E-state index contributed by atoms with van der Waals surface area (Å²) in [7, 11) is 0. The van der Waals surface area contributed by atoms with Gasteiger partial charge < -0.3 is 14.9 Å². The molecule has 17 heavy (non-hydrogen) atoms. The molecule has 0 aromatic carbocycles. The van der Waals surface area contributed by atoms with Crippen molar-refractivity contribution in [2.45, 2.75) is 65.1 Å². The molecule has 0 bridgehead atoms. The van der Waals surface area contributed by atoms with E-state index in [9.17, 15) is 15.0 Å². The average molecular weight is 246 g/mol. The lowest BCUT2D eigenvalue weighted by molar-refractivity contribution is -0.157. The molecule has 0 rings (SSSR count). The Morgan fingerprint density at radius 2 is 1.94 bits per heavy atom. The van der Waals surface area contributed by atoms with E-state index in [0.717, 1.165) is 25.7 Å². The van der Waals surface area contributed by atoms with Crippen LogP contribution in [-0.2, 0) is 9.53 Å². The quantitative estimate of drug-likeness (QED) is 0.642. The van der Waals surface area contributed by atoms with Crippen LogP contribution in [0.1, 0.15) is 53.4 Å². The number of hydrogen-bond acceptors (Lipinski definition) is 4. The van der Waals surface area contributed by atoms with Crippen molar-refractivity contribution in [1.82, 2.24) is 0 Å². The molecule has 0 aliphatic carbocycles. The normalized spacial score (nSPS) is 15.4. The fourth-order valence-electron chi connectivity index (χ4n) is 1.42. The zero-order valence-corrected chi connectivity index (χ0v) is 11.4. The zero-order chi connectivity index (χ0) is 13.5. The van der Waals surface area contributed by atoms with Crippen molar-refractivity contribution in [3.05, 3.63) is 0 Å². The number of unbranched alkanes of at least 4 members (excludes halogenated alkanes) is 1. The largest absolute Gasteiger partial charge is 0.463 e. The van der Waals surface area contributed by atoms with Crippen molar-refractivity contribution in [3.63, 3.8) is 0 Å². The van der Waals surface area contributed by atoms with Gasteiger partial charge in [0.1, 0.15) is 12.7 Å². The first-order chi connectivity index (χ1) is 7.82. The van der Waals surface area contributed by atoms with Crippen molar-refractivity contribution in [1.29, 1.82) is 0 Å². The van der Waals surface area contributed by atoms with Crippen LogP contribution in [-0.4, -0.2) is 34.5 Å². The molecule has 0 aromatic heterocycles. The second-order valence-corrected chi connectivity index (χ2v) is 5.05. The van der Waals surface area contributed by atoms with Crippen molar-refractivity contribution < 1.29 is 19.7 Å². The van der Waals surface area contributed by atoms with Crippen molar-refractivity contribution in [2.75, 3.05) is 6.61 Å². The van der Waals surface area contributed by atoms with Crippen LogP contribution in [0.4, 0.5) is 0 Å². The van der Waals surface area contributed by atoms with Crippen LogP contribution in [0.15, 0.2) is 0 Å². The lowest BCUT2D eigenvalue weighted by Gasteiger charge is -2.24. The first-order valence-corrected chi connectivity index (χ1v) is 6.40. The van der Waals surface area contributed by atoms with E-state index in [2.05, 4.69) is 6.92 Å².